The number of unbranched alkanes of at least 4 members (excludes halogenated alkanes) is 1. The monoisotopic (exact) mass is 507 g/mol. The first kappa shape index (κ1) is 24.8. The molecule has 0 radical (unpaired) electrons. The predicted octanol–water partition coefficient (Wildman–Crippen LogP) is 4.71. The number of rotatable bonds is 11. The summed E-state index contributed by atoms with van der Waals surface area (Å²) in [7, 11) is 0. The van der Waals surface area contributed by atoms with E-state index >= 15 is 0 Å². The molecule has 0 aliphatic carbocycles. The second-order valence-corrected chi connectivity index (χ2v) is 8.90. The zero-order valence-corrected chi connectivity index (χ0v) is 21.1. The van der Waals surface area contributed by atoms with Crippen molar-refractivity contribution >= 4 is 17.5 Å². The highest BCUT2D eigenvalue weighted by atomic mass is 16.1. The topological polar surface area (TPSA) is 126 Å². The molecule has 192 valence electrons. The van der Waals surface area contributed by atoms with Gasteiger partial charge in [0.15, 0.2) is 0 Å². The Balaban J connectivity index is 1.29. The van der Waals surface area contributed by atoms with Crippen molar-refractivity contribution in [3.8, 4) is 11.4 Å². The summed E-state index contributed by atoms with van der Waals surface area (Å²) >= 11 is 0. The van der Waals surface area contributed by atoms with Crippen molar-refractivity contribution in [1.82, 2.24) is 35.4 Å². The average molecular weight is 508 g/mol. The predicted molar refractivity (Wildman–Crippen MR) is 146 cm³/mol. The first-order chi connectivity index (χ1) is 18.7. The van der Waals surface area contributed by atoms with Gasteiger partial charge in [0.1, 0.15) is 5.82 Å². The first-order valence-electron chi connectivity index (χ1n) is 12.6. The van der Waals surface area contributed by atoms with Crippen LogP contribution >= 0.6 is 0 Å². The number of hydrogen-bond acceptors (Lipinski definition) is 7. The summed E-state index contributed by atoms with van der Waals surface area (Å²) in [6.07, 6.45) is 3.00. The van der Waals surface area contributed by atoms with Crippen molar-refractivity contribution in [2.45, 2.75) is 39.3 Å². The summed E-state index contributed by atoms with van der Waals surface area (Å²) < 4.78 is 2.13. The van der Waals surface area contributed by atoms with Gasteiger partial charge in [-0.25, -0.2) is 0 Å². The Morgan fingerprint density at radius 3 is 2.45 bits per heavy atom. The lowest BCUT2D eigenvalue weighted by Crippen LogP contribution is -2.14. The highest BCUT2D eigenvalue weighted by Crippen LogP contribution is 2.21. The van der Waals surface area contributed by atoms with Gasteiger partial charge in [-0.2, -0.15) is 5.21 Å². The van der Waals surface area contributed by atoms with Crippen molar-refractivity contribution in [2.24, 2.45) is 0 Å². The zero-order chi connectivity index (χ0) is 26.2. The van der Waals surface area contributed by atoms with E-state index in [-0.39, 0.29) is 5.91 Å². The molecule has 0 saturated carbocycles. The number of carbonyl (C=O) groups excluding carboxylic acids is 1. The maximum atomic E-state index is 13.0. The van der Waals surface area contributed by atoms with E-state index in [1.807, 2.05) is 48.5 Å². The van der Waals surface area contributed by atoms with Crippen LogP contribution in [0.25, 0.3) is 11.4 Å². The molecular formula is C28H29N9O. The van der Waals surface area contributed by atoms with Crippen LogP contribution in [0, 0.1) is 0 Å². The summed E-state index contributed by atoms with van der Waals surface area (Å²) in [6, 6.07) is 25.2. The van der Waals surface area contributed by atoms with Crippen LogP contribution in [0.15, 0.2) is 78.9 Å². The van der Waals surface area contributed by atoms with Gasteiger partial charge in [0, 0.05) is 24.2 Å². The minimum absolute atomic E-state index is 0.244. The van der Waals surface area contributed by atoms with E-state index in [1.165, 1.54) is 5.56 Å². The van der Waals surface area contributed by atoms with Gasteiger partial charge in [-0.15, -0.1) is 20.4 Å². The minimum Gasteiger partial charge on any atom is -0.350 e. The maximum Gasteiger partial charge on any atom is 0.256 e. The molecule has 5 rings (SSSR count). The molecule has 0 spiro atoms. The average Bonchev–Trinajstić information content (AvgIpc) is 3.63. The van der Waals surface area contributed by atoms with Crippen LogP contribution in [-0.4, -0.2) is 41.3 Å². The third kappa shape index (κ3) is 5.92. The van der Waals surface area contributed by atoms with E-state index in [9.17, 15) is 4.79 Å². The first-order valence-corrected chi connectivity index (χ1v) is 12.6. The smallest absolute Gasteiger partial charge is 0.256 e. The summed E-state index contributed by atoms with van der Waals surface area (Å²) in [5.74, 6) is 1.83. The molecule has 0 fully saturated rings. The minimum atomic E-state index is -0.244. The van der Waals surface area contributed by atoms with Crippen LogP contribution in [0.4, 0.5) is 11.6 Å². The molecule has 38 heavy (non-hydrogen) atoms. The lowest BCUT2D eigenvalue weighted by molar-refractivity contribution is 0.102. The number of aromatic nitrogens is 7. The van der Waals surface area contributed by atoms with E-state index in [1.54, 1.807) is 18.2 Å². The van der Waals surface area contributed by atoms with Crippen LogP contribution in [0.5, 0.6) is 0 Å². The number of carbonyl (C=O) groups is 1. The third-order valence-electron chi connectivity index (χ3n) is 6.19. The highest BCUT2D eigenvalue weighted by Gasteiger charge is 2.16. The molecular weight excluding hydrogens is 478 g/mol. The number of aryl methyl sites for hydroxylation is 1. The van der Waals surface area contributed by atoms with E-state index in [2.05, 4.69) is 65.1 Å². The van der Waals surface area contributed by atoms with Crippen LogP contribution in [-0.2, 0) is 19.5 Å². The normalized spacial score (nSPS) is 10.9. The van der Waals surface area contributed by atoms with Crippen molar-refractivity contribution < 1.29 is 4.79 Å². The molecule has 1 amide bonds. The number of nitrogens with one attached hydrogen (secondary N) is 3. The van der Waals surface area contributed by atoms with E-state index in [0.29, 0.717) is 35.7 Å². The molecule has 10 nitrogen and oxygen atoms in total. The van der Waals surface area contributed by atoms with Gasteiger partial charge in [-0.05, 0) is 41.0 Å². The number of tetrazole rings is 1. The third-order valence-corrected chi connectivity index (χ3v) is 6.19. The number of amides is 1. The lowest BCUT2D eigenvalue weighted by Gasteiger charge is -2.13. The van der Waals surface area contributed by atoms with Gasteiger partial charge < -0.3 is 10.6 Å². The molecule has 2 aromatic heterocycles. The van der Waals surface area contributed by atoms with Gasteiger partial charge in [-0.1, -0.05) is 74.0 Å². The van der Waals surface area contributed by atoms with Crippen LogP contribution in [0.1, 0.15) is 47.1 Å². The fraction of sp³-hybridized carbons (Fsp3) is 0.214. The van der Waals surface area contributed by atoms with Gasteiger partial charge in [0.2, 0.25) is 11.8 Å². The molecule has 0 aliphatic heterocycles. The molecule has 0 atom stereocenters. The van der Waals surface area contributed by atoms with Crippen molar-refractivity contribution in [3.63, 3.8) is 0 Å². The quantitative estimate of drug-likeness (QED) is 0.236. The van der Waals surface area contributed by atoms with E-state index in [0.717, 1.165) is 36.6 Å². The summed E-state index contributed by atoms with van der Waals surface area (Å²) in [5, 5.41) is 29.3. The molecule has 2 heterocycles. The number of benzene rings is 3. The van der Waals surface area contributed by atoms with E-state index < -0.39 is 0 Å². The largest absolute Gasteiger partial charge is 0.350 e. The Labute approximate surface area is 220 Å². The van der Waals surface area contributed by atoms with Crippen LogP contribution in [0.3, 0.4) is 0 Å². The molecule has 0 bridgehead atoms. The van der Waals surface area contributed by atoms with Gasteiger partial charge in [-0.3, -0.25) is 9.36 Å². The Morgan fingerprint density at radius 2 is 1.68 bits per heavy atom. The SMILES string of the molecule is CCCCc1nnc(NCc2ccccc2)n1Cc1ccc(NC(=O)c2ccccc2-c2nn[nH]n2)cc1. The van der Waals surface area contributed by atoms with Crippen LogP contribution < -0.4 is 10.6 Å². The molecule has 10 heteroatoms. The van der Waals surface area contributed by atoms with Crippen molar-refractivity contribution in [2.75, 3.05) is 10.6 Å². The van der Waals surface area contributed by atoms with Gasteiger partial charge in [0.05, 0.1) is 12.1 Å². The Morgan fingerprint density at radius 1 is 0.895 bits per heavy atom. The van der Waals surface area contributed by atoms with Gasteiger partial charge >= 0.3 is 0 Å². The second-order valence-electron chi connectivity index (χ2n) is 8.90. The Bertz CT molecular complexity index is 1460. The van der Waals surface area contributed by atoms with Crippen LogP contribution in [0.2, 0.25) is 0 Å². The summed E-state index contributed by atoms with van der Waals surface area (Å²) in [4.78, 5) is 13.0. The fourth-order valence-electron chi connectivity index (χ4n) is 4.16. The molecule has 3 N–H and O–H groups in total. The number of H-pyrrole nitrogens is 1. The summed E-state index contributed by atoms with van der Waals surface area (Å²) in [6.45, 7) is 3.46. The molecule has 0 unspecified atom stereocenters. The maximum absolute atomic E-state index is 13.0. The Hall–Kier alpha value is -4.86. The number of hydrogen-bond donors (Lipinski definition) is 3. The van der Waals surface area contributed by atoms with Gasteiger partial charge in [0.25, 0.3) is 5.91 Å². The van der Waals surface area contributed by atoms with Crippen molar-refractivity contribution in [3.05, 3.63) is 101 Å². The van der Waals surface area contributed by atoms with Crippen molar-refractivity contribution in [1.29, 1.82) is 0 Å². The zero-order valence-electron chi connectivity index (χ0n) is 21.1. The second kappa shape index (κ2) is 11.9. The molecule has 0 aliphatic rings. The highest BCUT2D eigenvalue weighted by molar-refractivity contribution is 6.08. The Kier molecular flexibility index (Phi) is 7.78. The van der Waals surface area contributed by atoms with E-state index in [4.69, 9.17) is 0 Å². The fourth-order valence-corrected chi connectivity index (χ4v) is 4.16. The number of nitrogens with zero attached hydrogens (tertiary/aromatic N) is 6. The summed E-state index contributed by atoms with van der Waals surface area (Å²) in [5.41, 5.74) is 4.03. The molecule has 3 aromatic carbocycles. The number of anilines is 2. The molecule has 0 saturated heterocycles. The lowest BCUT2D eigenvalue weighted by atomic mass is 10.1. The standard InChI is InChI=1S/C28H29N9O/c1-2-3-13-25-31-34-28(29-18-20-9-5-4-6-10-20)37(25)19-21-14-16-22(17-15-21)30-27(38)24-12-8-7-11-23(24)26-32-35-36-33-26/h4-12,14-17H,2-3,13,18-19H2,1H3,(H,29,34)(H,30,38)(H,32,33,35,36). The molecule has 5 aromatic rings. The number of aromatic amines is 1.